The lowest BCUT2D eigenvalue weighted by molar-refractivity contribution is 0.102. The summed E-state index contributed by atoms with van der Waals surface area (Å²) >= 11 is 5.91. The molecule has 3 aromatic rings. The van der Waals surface area contributed by atoms with E-state index in [1.54, 1.807) is 30.5 Å². The highest BCUT2D eigenvalue weighted by atomic mass is 35.5. The zero-order chi connectivity index (χ0) is 17.6. The predicted molar refractivity (Wildman–Crippen MR) is 96.0 cm³/mol. The lowest BCUT2D eigenvalue weighted by atomic mass is 10.1. The van der Waals surface area contributed by atoms with Gasteiger partial charge in [-0.2, -0.15) is 0 Å². The molecule has 3 nitrogen and oxygen atoms in total. The molecule has 0 radical (unpaired) electrons. The molecular weight excluding hydrogens is 339 g/mol. The molecule has 0 aliphatic heterocycles. The molecule has 5 heteroatoms. The topological polar surface area (TPSA) is 42.0 Å². The van der Waals surface area contributed by atoms with Crippen molar-refractivity contribution in [1.82, 2.24) is 4.98 Å². The molecule has 1 amide bonds. The summed E-state index contributed by atoms with van der Waals surface area (Å²) < 4.78 is 13.8. The van der Waals surface area contributed by atoms with Crippen LogP contribution in [-0.2, 0) is 0 Å². The number of nitrogens with zero attached hydrogens (tertiary/aromatic N) is 1. The first kappa shape index (κ1) is 16.7. The van der Waals surface area contributed by atoms with Crippen molar-refractivity contribution >= 4 is 23.2 Å². The van der Waals surface area contributed by atoms with Crippen LogP contribution in [0.5, 0.6) is 0 Å². The van der Waals surface area contributed by atoms with Gasteiger partial charge in [0.15, 0.2) is 0 Å². The van der Waals surface area contributed by atoms with Crippen LogP contribution in [0, 0.1) is 17.7 Å². The molecule has 0 unspecified atom stereocenters. The highest BCUT2D eigenvalue weighted by molar-refractivity contribution is 6.34. The molecule has 1 aromatic heterocycles. The van der Waals surface area contributed by atoms with Gasteiger partial charge in [-0.25, -0.2) is 9.37 Å². The Morgan fingerprint density at radius 3 is 2.64 bits per heavy atom. The largest absolute Gasteiger partial charge is 0.322 e. The minimum Gasteiger partial charge on any atom is -0.322 e. The van der Waals surface area contributed by atoms with E-state index in [0.717, 1.165) is 0 Å². The van der Waals surface area contributed by atoms with Crippen molar-refractivity contribution in [3.8, 4) is 11.8 Å². The first-order valence-electron chi connectivity index (χ1n) is 7.42. The smallest absolute Gasteiger partial charge is 0.260 e. The molecule has 0 aliphatic carbocycles. The normalized spacial score (nSPS) is 9.84. The number of hydrogen-bond acceptors (Lipinski definition) is 2. The summed E-state index contributed by atoms with van der Waals surface area (Å²) in [5, 5.41) is 2.69. The predicted octanol–water partition coefficient (Wildman–Crippen LogP) is 4.53. The highest BCUT2D eigenvalue weighted by Crippen LogP contribution is 2.20. The van der Waals surface area contributed by atoms with Crippen LogP contribution in [0.3, 0.4) is 0 Å². The van der Waals surface area contributed by atoms with Crippen LogP contribution < -0.4 is 5.32 Å². The molecule has 0 fully saturated rings. The third kappa shape index (κ3) is 4.23. The number of hydrogen-bond donors (Lipinski definition) is 1. The van der Waals surface area contributed by atoms with Gasteiger partial charge in [0.2, 0.25) is 0 Å². The Kier molecular flexibility index (Phi) is 5.08. The van der Waals surface area contributed by atoms with Crippen molar-refractivity contribution in [2.24, 2.45) is 0 Å². The number of nitrogens with one attached hydrogen (secondary N) is 1. The first-order valence-corrected chi connectivity index (χ1v) is 7.80. The summed E-state index contributed by atoms with van der Waals surface area (Å²) in [7, 11) is 0. The molecule has 0 atom stereocenters. The summed E-state index contributed by atoms with van der Waals surface area (Å²) in [6, 6.07) is 16.5. The van der Waals surface area contributed by atoms with E-state index in [1.165, 1.54) is 18.2 Å². The molecule has 2 aromatic carbocycles. The van der Waals surface area contributed by atoms with Crippen LogP contribution in [0.25, 0.3) is 0 Å². The lowest BCUT2D eigenvalue weighted by Crippen LogP contribution is -2.14. The van der Waals surface area contributed by atoms with E-state index in [9.17, 15) is 9.18 Å². The van der Waals surface area contributed by atoms with E-state index in [2.05, 4.69) is 22.1 Å². The summed E-state index contributed by atoms with van der Waals surface area (Å²) in [5.74, 6) is 4.63. The summed E-state index contributed by atoms with van der Waals surface area (Å²) in [6.45, 7) is 0. The van der Waals surface area contributed by atoms with Crippen molar-refractivity contribution in [3.05, 3.63) is 94.5 Å². The molecule has 1 N–H and O–H groups in total. The van der Waals surface area contributed by atoms with Gasteiger partial charge in [-0.15, -0.1) is 0 Å². The van der Waals surface area contributed by atoms with Gasteiger partial charge in [-0.3, -0.25) is 4.79 Å². The maximum Gasteiger partial charge on any atom is 0.260 e. The maximum absolute atomic E-state index is 13.8. The standard InChI is InChI=1S/C20H12ClFN2O/c21-17-8-4-9-18(22)19(17)20(25)24-16-7-3-5-14(13-16)10-11-15-6-1-2-12-23-15/h1-9,12-13H,(H,24,25). The van der Waals surface area contributed by atoms with E-state index < -0.39 is 11.7 Å². The fourth-order valence-electron chi connectivity index (χ4n) is 2.16. The Morgan fingerprint density at radius 1 is 1.04 bits per heavy atom. The number of amides is 1. The molecule has 0 spiro atoms. The Bertz CT molecular complexity index is 957. The molecule has 0 saturated carbocycles. The van der Waals surface area contributed by atoms with Gasteiger partial charge < -0.3 is 5.32 Å². The molecule has 3 rings (SSSR count). The van der Waals surface area contributed by atoms with Gasteiger partial charge in [0, 0.05) is 17.4 Å². The SMILES string of the molecule is O=C(Nc1cccc(C#Cc2ccccn2)c1)c1c(F)cccc1Cl. The molecule has 122 valence electrons. The van der Waals surface area contributed by atoms with E-state index >= 15 is 0 Å². The van der Waals surface area contributed by atoms with Crippen LogP contribution in [-0.4, -0.2) is 10.9 Å². The van der Waals surface area contributed by atoms with Crippen LogP contribution >= 0.6 is 11.6 Å². The number of benzene rings is 2. The van der Waals surface area contributed by atoms with Crippen molar-refractivity contribution in [2.45, 2.75) is 0 Å². The quantitative estimate of drug-likeness (QED) is 0.690. The average molecular weight is 351 g/mol. The number of halogens is 2. The molecular formula is C20H12ClFN2O. The van der Waals surface area contributed by atoms with E-state index in [1.807, 2.05) is 18.2 Å². The van der Waals surface area contributed by atoms with E-state index in [4.69, 9.17) is 11.6 Å². The van der Waals surface area contributed by atoms with E-state index in [0.29, 0.717) is 16.9 Å². The van der Waals surface area contributed by atoms with Gasteiger partial charge in [0.1, 0.15) is 11.5 Å². The van der Waals surface area contributed by atoms with Gasteiger partial charge in [0.25, 0.3) is 5.91 Å². The minimum atomic E-state index is -0.670. The zero-order valence-corrected chi connectivity index (χ0v) is 13.7. The van der Waals surface area contributed by atoms with Crippen LogP contribution in [0.4, 0.5) is 10.1 Å². The Hall–Kier alpha value is -3.16. The second-order valence-electron chi connectivity index (χ2n) is 5.10. The van der Waals surface area contributed by atoms with Crippen LogP contribution in [0.1, 0.15) is 21.6 Å². The van der Waals surface area contributed by atoms with Crippen molar-refractivity contribution in [1.29, 1.82) is 0 Å². The monoisotopic (exact) mass is 350 g/mol. The maximum atomic E-state index is 13.8. The number of carbonyl (C=O) groups is 1. The summed E-state index contributed by atoms with van der Waals surface area (Å²) in [4.78, 5) is 16.4. The van der Waals surface area contributed by atoms with Gasteiger partial charge in [-0.1, -0.05) is 35.7 Å². The number of anilines is 1. The summed E-state index contributed by atoms with van der Waals surface area (Å²) in [5.41, 5.74) is 1.66. The Labute approximate surface area is 149 Å². The third-order valence-electron chi connectivity index (χ3n) is 3.31. The molecule has 0 bridgehead atoms. The van der Waals surface area contributed by atoms with Gasteiger partial charge in [0.05, 0.1) is 10.6 Å². The van der Waals surface area contributed by atoms with Gasteiger partial charge in [-0.05, 0) is 48.4 Å². The highest BCUT2D eigenvalue weighted by Gasteiger charge is 2.15. The lowest BCUT2D eigenvalue weighted by Gasteiger charge is -2.08. The van der Waals surface area contributed by atoms with Crippen LogP contribution in [0.2, 0.25) is 5.02 Å². The number of rotatable bonds is 2. The van der Waals surface area contributed by atoms with Crippen molar-refractivity contribution < 1.29 is 9.18 Å². The molecule has 25 heavy (non-hydrogen) atoms. The van der Waals surface area contributed by atoms with Crippen molar-refractivity contribution in [2.75, 3.05) is 5.32 Å². The fraction of sp³-hybridized carbons (Fsp3) is 0. The number of aromatic nitrogens is 1. The second kappa shape index (κ2) is 7.61. The van der Waals surface area contributed by atoms with Crippen LogP contribution in [0.15, 0.2) is 66.9 Å². The molecule has 0 aliphatic rings. The second-order valence-corrected chi connectivity index (χ2v) is 5.50. The molecule has 0 saturated heterocycles. The minimum absolute atomic E-state index is 0.0589. The fourth-order valence-corrected chi connectivity index (χ4v) is 2.40. The average Bonchev–Trinajstić information content (AvgIpc) is 2.61. The summed E-state index contributed by atoms with van der Waals surface area (Å²) in [6.07, 6.45) is 1.67. The Balaban J connectivity index is 1.81. The van der Waals surface area contributed by atoms with E-state index in [-0.39, 0.29) is 10.6 Å². The Morgan fingerprint density at radius 2 is 1.88 bits per heavy atom. The van der Waals surface area contributed by atoms with Crippen molar-refractivity contribution in [3.63, 3.8) is 0 Å². The first-order chi connectivity index (χ1) is 12.1. The third-order valence-corrected chi connectivity index (χ3v) is 3.63. The number of carbonyl (C=O) groups excluding carboxylic acids is 1. The molecule has 1 heterocycles. The number of pyridine rings is 1. The van der Waals surface area contributed by atoms with Gasteiger partial charge >= 0.3 is 0 Å². The zero-order valence-electron chi connectivity index (χ0n) is 13.0.